The van der Waals surface area contributed by atoms with Crippen molar-refractivity contribution in [3.63, 3.8) is 0 Å². The molecule has 1 heterocycles. The molecule has 0 spiro atoms. The Morgan fingerprint density at radius 1 is 1.24 bits per heavy atom. The van der Waals surface area contributed by atoms with Crippen molar-refractivity contribution in [2.75, 3.05) is 0 Å². The first-order chi connectivity index (χ1) is 8.06. The highest BCUT2D eigenvalue weighted by atomic mass is 35.5. The quantitative estimate of drug-likeness (QED) is 0.763. The van der Waals surface area contributed by atoms with Crippen molar-refractivity contribution in [2.24, 2.45) is 5.92 Å². The van der Waals surface area contributed by atoms with Crippen LogP contribution in [0.25, 0.3) is 10.6 Å². The number of benzene rings is 1. The lowest BCUT2D eigenvalue weighted by molar-refractivity contribution is 0.647. The third-order valence-corrected chi connectivity index (χ3v) is 4.08. The van der Waals surface area contributed by atoms with Crippen LogP contribution in [-0.2, 0) is 6.42 Å². The average Bonchev–Trinajstić information content (AvgIpc) is 2.59. The molecule has 17 heavy (non-hydrogen) atoms. The second kappa shape index (κ2) is 5.19. The summed E-state index contributed by atoms with van der Waals surface area (Å²) in [5.74, 6) is 0.692. The van der Waals surface area contributed by atoms with Crippen molar-refractivity contribution in [3.8, 4) is 10.6 Å². The molecular weight excluding hydrogens is 250 g/mol. The van der Waals surface area contributed by atoms with Gasteiger partial charge in [0.1, 0.15) is 9.34 Å². The Kier molecular flexibility index (Phi) is 3.85. The molecule has 0 aliphatic carbocycles. The maximum absolute atomic E-state index is 6.04. The molecule has 0 unspecified atom stereocenters. The average molecular weight is 266 g/mol. The summed E-state index contributed by atoms with van der Waals surface area (Å²) >= 11 is 7.58. The molecule has 0 radical (unpaired) electrons. The van der Waals surface area contributed by atoms with Crippen molar-refractivity contribution in [1.82, 2.24) is 4.98 Å². The van der Waals surface area contributed by atoms with Crippen LogP contribution in [-0.4, -0.2) is 4.98 Å². The molecule has 2 aromatic rings. The van der Waals surface area contributed by atoms with E-state index in [4.69, 9.17) is 11.6 Å². The van der Waals surface area contributed by atoms with Gasteiger partial charge in [-0.15, -0.1) is 11.3 Å². The number of aryl methyl sites for hydroxylation is 1. The summed E-state index contributed by atoms with van der Waals surface area (Å²) in [5, 5.41) is 1.00. The minimum Gasteiger partial charge on any atom is -0.240 e. The van der Waals surface area contributed by atoms with E-state index < -0.39 is 0 Å². The van der Waals surface area contributed by atoms with Crippen LogP contribution >= 0.6 is 22.9 Å². The van der Waals surface area contributed by atoms with Crippen LogP contribution in [0.15, 0.2) is 24.3 Å². The fraction of sp³-hybridized carbons (Fsp3) is 0.357. The van der Waals surface area contributed by atoms with Crippen LogP contribution in [0.1, 0.15) is 25.1 Å². The van der Waals surface area contributed by atoms with Crippen molar-refractivity contribution in [3.05, 3.63) is 39.9 Å². The summed E-state index contributed by atoms with van der Waals surface area (Å²) in [4.78, 5) is 4.46. The first-order valence-electron chi connectivity index (χ1n) is 5.78. The molecule has 0 saturated carbocycles. The molecule has 3 heteroatoms. The largest absolute Gasteiger partial charge is 0.240 e. The van der Waals surface area contributed by atoms with Gasteiger partial charge in [0, 0.05) is 5.56 Å². The van der Waals surface area contributed by atoms with Gasteiger partial charge in [0.05, 0.1) is 5.69 Å². The van der Waals surface area contributed by atoms with Crippen LogP contribution in [0.5, 0.6) is 0 Å². The summed E-state index contributed by atoms with van der Waals surface area (Å²) in [6.07, 6.45) is 1.12. The van der Waals surface area contributed by atoms with E-state index in [0.717, 1.165) is 27.0 Å². The zero-order chi connectivity index (χ0) is 12.4. The predicted octanol–water partition coefficient (Wildman–Crippen LogP) is 4.97. The van der Waals surface area contributed by atoms with Crippen molar-refractivity contribution >= 4 is 22.9 Å². The standard InChI is InChI=1S/C14H16ClNS/c1-9(2)8-11-4-6-12(7-5-11)14-16-10(3)13(15)17-14/h4-7,9H,8H2,1-3H3. The van der Waals surface area contributed by atoms with Crippen LogP contribution in [0.4, 0.5) is 0 Å². The third kappa shape index (κ3) is 3.08. The Morgan fingerprint density at radius 2 is 1.88 bits per heavy atom. The highest BCUT2D eigenvalue weighted by molar-refractivity contribution is 7.19. The minimum atomic E-state index is 0.692. The highest BCUT2D eigenvalue weighted by Crippen LogP contribution is 2.31. The van der Waals surface area contributed by atoms with Gasteiger partial charge in [-0.25, -0.2) is 4.98 Å². The topological polar surface area (TPSA) is 12.9 Å². The van der Waals surface area contributed by atoms with Crippen molar-refractivity contribution in [1.29, 1.82) is 0 Å². The van der Waals surface area contributed by atoms with E-state index in [9.17, 15) is 0 Å². The van der Waals surface area contributed by atoms with E-state index in [-0.39, 0.29) is 0 Å². The van der Waals surface area contributed by atoms with E-state index in [2.05, 4.69) is 43.1 Å². The Labute approximate surface area is 111 Å². The molecule has 0 atom stereocenters. The first-order valence-corrected chi connectivity index (χ1v) is 6.98. The fourth-order valence-corrected chi connectivity index (χ4v) is 2.82. The lowest BCUT2D eigenvalue weighted by atomic mass is 10.0. The number of hydrogen-bond acceptors (Lipinski definition) is 2. The summed E-state index contributed by atoms with van der Waals surface area (Å²) < 4.78 is 0.784. The molecular formula is C14H16ClNS. The molecule has 0 N–H and O–H groups in total. The van der Waals surface area contributed by atoms with Crippen LogP contribution < -0.4 is 0 Å². The van der Waals surface area contributed by atoms with E-state index in [1.54, 1.807) is 11.3 Å². The molecule has 90 valence electrons. The molecule has 1 nitrogen and oxygen atoms in total. The molecule has 1 aromatic heterocycles. The monoisotopic (exact) mass is 265 g/mol. The molecule has 0 saturated heterocycles. The van der Waals surface area contributed by atoms with Gasteiger partial charge in [-0.1, -0.05) is 49.7 Å². The lowest BCUT2D eigenvalue weighted by Crippen LogP contribution is -1.93. The van der Waals surface area contributed by atoms with Gasteiger partial charge in [-0.05, 0) is 24.8 Å². The molecule has 0 aliphatic rings. The Hall–Kier alpha value is -0.860. The smallest absolute Gasteiger partial charge is 0.125 e. The summed E-state index contributed by atoms with van der Waals surface area (Å²) in [6.45, 7) is 6.41. The highest BCUT2D eigenvalue weighted by Gasteiger charge is 2.07. The minimum absolute atomic E-state index is 0.692. The number of hydrogen-bond donors (Lipinski definition) is 0. The molecule has 0 bridgehead atoms. The van der Waals surface area contributed by atoms with Gasteiger partial charge >= 0.3 is 0 Å². The molecule has 2 rings (SSSR count). The Balaban J connectivity index is 2.23. The van der Waals surface area contributed by atoms with Gasteiger partial charge in [-0.2, -0.15) is 0 Å². The number of nitrogens with zero attached hydrogens (tertiary/aromatic N) is 1. The van der Waals surface area contributed by atoms with Gasteiger partial charge in [-0.3, -0.25) is 0 Å². The fourth-order valence-electron chi connectivity index (χ4n) is 1.76. The number of thiazole rings is 1. The second-order valence-corrected chi connectivity index (χ2v) is 6.27. The Bertz CT molecular complexity index is 480. The van der Waals surface area contributed by atoms with E-state index >= 15 is 0 Å². The lowest BCUT2D eigenvalue weighted by Gasteiger charge is -2.05. The van der Waals surface area contributed by atoms with Crippen LogP contribution in [0.2, 0.25) is 4.34 Å². The second-order valence-electron chi connectivity index (χ2n) is 4.67. The van der Waals surface area contributed by atoms with Crippen molar-refractivity contribution < 1.29 is 0 Å². The van der Waals surface area contributed by atoms with Gasteiger partial charge in [0.2, 0.25) is 0 Å². The van der Waals surface area contributed by atoms with Crippen LogP contribution in [0, 0.1) is 12.8 Å². The summed E-state index contributed by atoms with van der Waals surface area (Å²) in [5.41, 5.74) is 3.44. The first kappa shape index (κ1) is 12.6. The van der Waals surface area contributed by atoms with Gasteiger partial charge < -0.3 is 0 Å². The summed E-state index contributed by atoms with van der Waals surface area (Å²) in [6, 6.07) is 8.62. The number of aromatic nitrogens is 1. The SMILES string of the molecule is Cc1nc(-c2ccc(CC(C)C)cc2)sc1Cl. The van der Waals surface area contributed by atoms with E-state index in [1.807, 2.05) is 6.92 Å². The predicted molar refractivity (Wildman–Crippen MR) is 75.8 cm³/mol. The zero-order valence-electron chi connectivity index (χ0n) is 10.3. The number of halogens is 1. The molecule has 0 amide bonds. The van der Waals surface area contributed by atoms with E-state index in [0.29, 0.717) is 5.92 Å². The zero-order valence-corrected chi connectivity index (χ0v) is 11.9. The van der Waals surface area contributed by atoms with Gasteiger partial charge in [0.25, 0.3) is 0 Å². The van der Waals surface area contributed by atoms with Crippen LogP contribution in [0.3, 0.4) is 0 Å². The maximum Gasteiger partial charge on any atom is 0.125 e. The van der Waals surface area contributed by atoms with Gasteiger partial charge in [0.15, 0.2) is 0 Å². The molecule has 1 aromatic carbocycles. The summed E-state index contributed by atoms with van der Waals surface area (Å²) in [7, 11) is 0. The Morgan fingerprint density at radius 3 is 2.35 bits per heavy atom. The van der Waals surface area contributed by atoms with Crippen molar-refractivity contribution in [2.45, 2.75) is 27.2 Å². The van der Waals surface area contributed by atoms with E-state index in [1.165, 1.54) is 5.56 Å². The maximum atomic E-state index is 6.04. The number of rotatable bonds is 3. The molecule has 0 fully saturated rings. The normalized spacial score (nSPS) is 11.1. The third-order valence-electron chi connectivity index (χ3n) is 2.58. The molecule has 0 aliphatic heterocycles.